The molecule has 150 valence electrons. The van der Waals surface area contributed by atoms with Gasteiger partial charge in [0.2, 0.25) is 0 Å². The minimum Gasteiger partial charge on any atom is -0.311 e. The summed E-state index contributed by atoms with van der Waals surface area (Å²) in [6.07, 6.45) is 0. The first-order chi connectivity index (χ1) is 12.8. The Balaban J connectivity index is 2.08. The fourth-order valence-electron chi connectivity index (χ4n) is 3.34. The van der Waals surface area contributed by atoms with Crippen molar-refractivity contribution in [2.45, 2.75) is 64.5 Å². The highest BCUT2D eigenvalue weighted by Gasteiger charge is 2.62. The highest BCUT2D eigenvalue weighted by molar-refractivity contribution is 9.10. The standard InChI is InChI=1S/C23H27BrF2N2/c1-21(2,3)16-9-13-18(14-10-16)28-19(15-7-11-17(24)12-8-15)23(25,26)20(28)27-22(4,5)6/h7-14,19H,1-6H3. The maximum atomic E-state index is 15.2. The largest absolute Gasteiger partial charge is 0.328 e. The van der Waals surface area contributed by atoms with Gasteiger partial charge in [-0.15, -0.1) is 0 Å². The van der Waals surface area contributed by atoms with Crippen LogP contribution in [0.5, 0.6) is 0 Å². The fourth-order valence-corrected chi connectivity index (χ4v) is 3.61. The Labute approximate surface area is 174 Å². The Morgan fingerprint density at radius 2 is 1.43 bits per heavy atom. The summed E-state index contributed by atoms with van der Waals surface area (Å²) in [5, 5.41) is 0. The van der Waals surface area contributed by atoms with Gasteiger partial charge in [0.1, 0.15) is 6.04 Å². The number of anilines is 1. The van der Waals surface area contributed by atoms with E-state index in [2.05, 4.69) is 41.7 Å². The van der Waals surface area contributed by atoms with Gasteiger partial charge >= 0.3 is 5.92 Å². The highest BCUT2D eigenvalue weighted by Crippen LogP contribution is 2.51. The molecule has 0 radical (unpaired) electrons. The van der Waals surface area contributed by atoms with E-state index in [1.807, 2.05) is 45.0 Å². The van der Waals surface area contributed by atoms with E-state index in [1.165, 1.54) is 0 Å². The first-order valence-corrected chi connectivity index (χ1v) is 10.2. The van der Waals surface area contributed by atoms with E-state index >= 15 is 8.78 Å². The Kier molecular flexibility index (Phi) is 5.20. The van der Waals surface area contributed by atoms with E-state index in [9.17, 15) is 0 Å². The van der Waals surface area contributed by atoms with E-state index in [4.69, 9.17) is 0 Å². The third kappa shape index (κ3) is 4.00. The predicted octanol–water partition coefficient (Wildman–Crippen LogP) is 7.14. The Hall–Kier alpha value is -1.75. The molecule has 0 spiro atoms. The van der Waals surface area contributed by atoms with Crippen LogP contribution in [0.3, 0.4) is 0 Å². The van der Waals surface area contributed by atoms with Crippen molar-refractivity contribution in [2.75, 3.05) is 4.90 Å². The molecule has 0 aromatic heterocycles. The highest BCUT2D eigenvalue weighted by atomic mass is 79.9. The number of amidine groups is 1. The summed E-state index contributed by atoms with van der Waals surface area (Å²) < 4.78 is 31.3. The lowest BCUT2D eigenvalue weighted by Crippen LogP contribution is -2.64. The van der Waals surface area contributed by atoms with Gasteiger partial charge < -0.3 is 4.90 Å². The van der Waals surface area contributed by atoms with Crippen LogP contribution in [0.15, 0.2) is 58.0 Å². The molecule has 1 heterocycles. The van der Waals surface area contributed by atoms with Gasteiger partial charge in [-0.1, -0.05) is 61.0 Å². The number of halogens is 3. The zero-order chi connectivity index (χ0) is 20.9. The maximum absolute atomic E-state index is 15.2. The van der Waals surface area contributed by atoms with Crippen molar-refractivity contribution in [1.82, 2.24) is 0 Å². The zero-order valence-electron chi connectivity index (χ0n) is 17.2. The van der Waals surface area contributed by atoms with E-state index in [0.29, 0.717) is 5.56 Å². The maximum Gasteiger partial charge on any atom is 0.328 e. The fraction of sp³-hybridized carbons (Fsp3) is 0.435. The summed E-state index contributed by atoms with van der Waals surface area (Å²) in [5.74, 6) is -3.19. The molecule has 1 aliphatic heterocycles. The van der Waals surface area contributed by atoms with Crippen LogP contribution in [-0.4, -0.2) is 17.3 Å². The van der Waals surface area contributed by atoms with Crippen molar-refractivity contribution in [1.29, 1.82) is 0 Å². The minimum atomic E-state index is -3.02. The number of hydrogen-bond acceptors (Lipinski definition) is 1. The van der Waals surface area contributed by atoms with Gasteiger partial charge in [0.15, 0.2) is 5.84 Å². The quantitative estimate of drug-likeness (QED) is 0.476. The second kappa shape index (κ2) is 6.94. The second-order valence-electron chi connectivity index (χ2n) is 9.35. The molecule has 2 aromatic carbocycles. The van der Waals surface area contributed by atoms with E-state index in [1.54, 1.807) is 29.2 Å². The summed E-state index contributed by atoms with van der Waals surface area (Å²) in [6.45, 7) is 11.9. The zero-order valence-corrected chi connectivity index (χ0v) is 18.8. The van der Waals surface area contributed by atoms with Crippen LogP contribution >= 0.6 is 15.9 Å². The molecule has 1 aliphatic rings. The van der Waals surface area contributed by atoms with Crippen LogP contribution in [0.2, 0.25) is 0 Å². The molecule has 1 fully saturated rings. The van der Waals surface area contributed by atoms with Crippen molar-refractivity contribution in [3.63, 3.8) is 0 Å². The van der Waals surface area contributed by atoms with Crippen molar-refractivity contribution >= 4 is 27.5 Å². The van der Waals surface area contributed by atoms with Crippen LogP contribution < -0.4 is 4.90 Å². The van der Waals surface area contributed by atoms with Crippen molar-refractivity contribution in [3.8, 4) is 0 Å². The van der Waals surface area contributed by atoms with Gasteiger partial charge in [-0.25, -0.2) is 0 Å². The second-order valence-corrected chi connectivity index (χ2v) is 10.3. The van der Waals surface area contributed by atoms with Crippen molar-refractivity contribution < 1.29 is 8.78 Å². The average molecular weight is 449 g/mol. The molecule has 3 rings (SSSR count). The monoisotopic (exact) mass is 448 g/mol. The van der Waals surface area contributed by atoms with Gasteiger partial charge in [0.05, 0.1) is 5.54 Å². The number of nitrogens with zero attached hydrogens (tertiary/aromatic N) is 2. The molecule has 0 saturated carbocycles. The molecule has 0 bridgehead atoms. The van der Waals surface area contributed by atoms with Gasteiger partial charge in [-0.3, -0.25) is 4.99 Å². The van der Waals surface area contributed by atoms with Crippen LogP contribution in [0.4, 0.5) is 14.5 Å². The lowest BCUT2D eigenvalue weighted by Gasteiger charge is -2.50. The molecule has 1 unspecified atom stereocenters. The van der Waals surface area contributed by atoms with E-state index in [-0.39, 0.29) is 11.3 Å². The molecule has 5 heteroatoms. The summed E-state index contributed by atoms with van der Waals surface area (Å²) in [7, 11) is 0. The number of hydrogen-bond donors (Lipinski definition) is 0. The molecule has 2 nitrogen and oxygen atoms in total. The van der Waals surface area contributed by atoms with E-state index < -0.39 is 17.5 Å². The van der Waals surface area contributed by atoms with Crippen LogP contribution in [0, 0.1) is 0 Å². The van der Waals surface area contributed by atoms with Gasteiger partial charge in [0, 0.05) is 10.2 Å². The van der Waals surface area contributed by atoms with Crippen LogP contribution in [0.1, 0.15) is 58.7 Å². The van der Waals surface area contributed by atoms with Crippen molar-refractivity contribution in [2.24, 2.45) is 4.99 Å². The first-order valence-electron chi connectivity index (χ1n) is 9.44. The number of alkyl halides is 2. The molecule has 0 N–H and O–H groups in total. The molecular weight excluding hydrogens is 422 g/mol. The summed E-state index contributed by atoms with van der Waals surface area (Å²) in [6, 6.07) is 13.9. The van der Waals surface area contributed by atoms with Crippen molar-refractivity contribution in [3.05, 3.63) is 64.1 Å². The third-order valence-electron chi connectivity index (χ3n) is 4.77. The molecule has 28 heavy (non-hydrogen) atoms. The lowest BCUT2D eigenvalue weighted by molar-refractivity contribution is 0.0149. The predicted molar refractivity (Wildman–Crippen MR) is 117 cm³/mol. The smallest absolute Gasteiger partial charge is 0.311 e. The number of aliphatic imine (C=N–C) groups is 1. The third-order valence-corrected chi connectivity index (χ3v) is 5.30. The molecule has 2 aromatic rings. The Morgan fingerprint density at radius 1 is 0.893 bits per heavy atom. The number of benzene rings is 2. The molecule has 0 amide bonds. The summed E-state index contributed by atoms with van der Waals surface area (Å²) in [4.78, 5) is 6.04. The SMILES string of the molecule is CC(C)(C)N=C1N(c2ccc(C(C)(C)C)cc2)C(c2ccc(Br)cc2)C1(F)F. The number of rotatable bonds is 2. The molecular formula is C23H27BrF2N2. The lowest BCUT2D eigenvalue weighted by atomic mass is 9.85. The molecule has 1 atom stereocenters. The van der Waals surface area contributed by atoms with Gasteiger partial charge in [-0.2, -0.15) is 8.78 Å². The Bertz CT molecular complexity index is 873. The summed E-state index contributed by atoms with van der Waals surface area (Å²) in [5.41, 5.74) is 1.88. The van der Waals surface area contributed by atoms with Gasteiger partial charge in [-0.05, 0) is 61.6 Å². The normalized spacial score (nSPS) is 21.0. The summed E-state index contributed by atoms with van der Waals surface area (Å²) >= 11 is 3.38. The topological polar surface area (TPSA) is 15.6 Å². The molecule has 0 aliphatic carbocycles. The average Bonchev–Trinajstić information content (AvgIpc) is 2.57. The van der Waals surface area contributed by atoms with Gasteiger partial charge in [0.25, 0.3) is 0 Å². The van der Waals surface area contributed by atoms with Crippen LogP contribution in [-0.2, 0) is 5.41 Å². The first kappa shape index (κ1) is 21.0. The Morgan fingerprint density at radius 3 is 1.89 bits per heavy atom. The minimum absolute atomic E-state index is 0.00481. The molecule has 1 saturated heterocycles. The van der Waals surface area contributed by atoms with E-state index in [0.717, 1.165) is 15.7 Å². The van der Waals surface area contributed by atoms with Crippen LogP contribution in [0.25, 0.3) is 0 Å².